The number of aromatic amines is 1. The standard InChI is InChI=1S/C22H23F2N3O2/c1-29-20-6-2-4-15(22(20)28)13-27-9-3-5-14(12-27)21-18(11-25-26-21)17-10-16(23)7-8-19(17)24/h2,4,6-8,10-11,14,28H,3,5,9,12-13H2,1H3,(H,25,26)/t14-/m0/s1. The average molecular weight is 399 g/mol. The molecule has 7 heteroatoms. The molecule has 0 radical (unpaired) electrons. The highest BCUT2D eigenvalue weighted by Gasteiger charge is 2.26. The Balaban J connectivity index is 1.56. The number of nitrogens with one attached hydrogen (secondary N) is 1. The third-order valence-electron chi connectivity index (χ3n) is 5.50. The lowest BCUT2D eigenvalue weighted by Gasteiger charge is -2.33. The summed E-state index contributed by atoms with van der Waals surface area (Å²) in [4.78, 5) is 2.25. The number of likely N-dealkylation sites (tertiary alicyclic amines) is 1. The Bertz CT molecular complexity index is 1010. The Hall–Kier alpha value is -2.93. The molecule has 2 heterocycles. The molecule has 2 N–H and O–H groups in total. The third-order valence-corrected chi connectivity index (χ3v) is 5.50. The normalized spacial score (nSPS) is 17.4. The van der Waals surface area contributed by atoms with Gasteiger partial charge in [0.25, 0.3) is 0 Å². The number of phenols is 1. The van der Waals surface area contributed by atoms with Gasteiger partial charge in [0.2, 0.25) is 0 Å². The molecule has 0 spiro atoms. The van der Waals surface area contributed by atoms with E-state index in [9.17, 15) is 13.9 Å². The van der Waals surface area contributed by atoms with Gasteiger partial charge in [-0.1, -0.05) is 12.1 Å². The summed E-state index contributed by atoms with van der Waals surface area (Å²) in [5.41, 5.74) is 2.43. The Morgan fingerprint density at radius 2 is 2.10 bits per heavy atom. The van der Waals surface area contributed by atoms with Gasteiger partial charge in [-0.15, -0.1) is 0 Å². The number of piperidine rings is 1. The number of hydrogen-bond acceptors (Lipinski definition) is 4. The number of hydrogen-bond donors (Lipinski definition) is 2. The maximum absolute atomic E-state index is 14.3. The van der Waals surface area contributed by atoms with Crippen molar-refractivity contribution in [1.29, 1.82) is 0 Å². The van der Waals surface area contributed by atoms with Crippen molar-refractivity contribution < 1.29 is 18.6 Å². The number of rotatable bonds is 5. The van der Waals surface area contributed by atoms with Gasteiger partial charge in [0.1, 0.15) is 11.6 Å². The number of aromatic nitrogens is 2. The second kappa shape index (κ2) is 8.21. The van der Waals surface area contributed by atoms with Crippen LogP contribution in [0.2, 0.25) is 0 Å². The minimum absolute atomic E-state index is 0.108. The monoisotopic (exact) mass is 399 g/mol. The van der Waals surface area contributed by atoms with Gasteiger partial charge in [-0.05, 0) is 43.7 Å². The van der Waals surface area contributed by atoms with Crippen LogP contribution < -0.4 is 4.74 Å². The molecule has 0 aliphatic carbocycles. The molecule has 0 bridgehead atoms. The van der Waals surface area contributed by atoms with Crippen LogP contribution in [-0.4, -0.2) is 40.4 Å². The maximum atomic E-state index is 14.3. The molecule has 0 unspecified atom stereocenters. The molecule has 1 aliphatic heterocycles. The number of benzene rings is 2. The number of phenolic OH excluding ortho intramolecular Hbond substituents is 1. The predicted octanol–water partition coefficient (Wildman–Crippen LogP) is 4.45. The quantitative estimate of drug-likeness (QED) is 0.666. The molecule has 1 fully saturated rings. The van der Waals surface area contributed by atoms with Crippen LogP contribution in [-0.2, 0) is 6.54 Å². The lowest BCUT2D eigenvalue weighted by molar-refractivity contribution is 0.196. The highest BCUT2D eigenvalue weighted by molar-refractivity contribution is 5.66. The van der Waals surface area contributed by atoms with Crippen LogP contribution in [0.15, 0.2) is 42.6 Å². The lowest BCUT2D eigenvalue weighted by Crippen LogP contribution is -2.34. The van der Waals surface area contributed by atoms with E-state index in [0.29, 0.717) is 17.9 Å². The summed E-state index contributed by atoms with van der Waals surface area (Å²) >= 11 is 0. The summed E-state index contributed by atoms with van der Waals surface area (Å²) in [6.07, 6.45) is 3.44. The molecule has 5 nitrogen and oxygen atoms in total. The average Bonchev–Trinajstić information content (AvgIpc) is 3.21. The highest BCUT2D eigenvalue weighted by atomic mass is 19.1. The first-order valence-corrected chi connectivity index (χ1v) is 9.62. The fourth-order valence-electron chi connectivity index (χ4n) is 4.06. The maximum Gasteiger partial charge on any atom is 0.162 e. The molecule has 29 heavy (non-hydrogen) atoms. The fraction of sp³-hybridized carbons (Fsp3) is 0.318. The molecule has 1 atom stereocenters. The summed E-state index contributed by atoms with van der Waals surface area (Å²) in [5.74, 6) is -0.235. The van der Waals surface area contributed by atoms with E-state index in [-0.39, 0.29) is 17.2 Å². The topological polar surface area (TPSA) is 61.4 Å². The van der Waals surface area contributed by atoms with E-state index >= 15 is 0 Å². The van der Waals surface area contributed by atoms with Gasteiger partial charge in [-0.3, -0.25) is 10.00 Å². The minimum Gasteiger partial charge on any atom is -0.504 e. The Kier molecular flexibility index (Phi) is 5.49. The van der Waals surface area contributed by atoms with Crippen molar-refractivity contribution in [2.45, 2.75) is 25.3 Å². The van der Waals surface area contributed by atoms with Gasteiger partial charge in [0.05, 0.1) is 13.3 Å². The molecule has 1 aromatic heterocycles. The van der Waals surface area contributed by atoms with Crippen LogP contribution in [0.25, 0.3) is 11.1 Å². The van der Waals surface area contributed by atoms with Crippen LogP contribution in [0.4, 0.5) is 8.78 Å². The van der Waals surface area contributed by atoms with E-state index in [4.69, 9.17) is 4.74 Å². The van der Waals surface area contributed by atoms with Crippen molar-refractivity contribution in [3.8, 4) is 22.6 Å². The van der Waals surface area contributed by atoms with E-state index in [1.54, 1.807) is 12.3 Å². The first-order valence-electron chi connectivity index (χ1n) is 9.62. The zero-order chi connectivity index (χ0) is 20.4. The highest BCUT2D eigenvalue weighted by Crippen LogP contribution is 2.36. The van der Waals surface area contributed by atoms with Crippen molar-refractivity contribution in [2.75, 3.05) is 20.2 Å². The Morgan fingerprint density at radius 1 is 1.24 bits per heavy atom. The van der Waals surface area contributed by atoms with Crippen LogP contribution >= 0.6 is 0 Å². The molecule has 4 rings (SSSR count). The van der Waals surface area contributed by atoms with Crippen molar-refractivity contribution in [1.82, 2.24) is 15.1 Å². The second-order valence-electron chi connectivity index (χ2n) is 7.36. The van der Waals surface area contributed by atoms with Gasteiger partial charge in [-0.2, -0.15) is 5.10 Å². The molecule has 2 aromatic carbocycles. The van der Waals surface area contributed by atoms with Gasteiger partial charge in [0.15, 0.2) is 11.5 Å². The summed E-state index contributed by atoms with van der Waals surface area (Å²) in [7, 11) is 1.53. The fourth-order valence-corrected chi connectivity index (χ4v) is 4.06. The van der Waals surface area contributed by atoms with Crippen LogP contribution in [0, 0.1) is 11.6 Å². The summed E-state index contributed by atoms with van der Waals surface area (Å²) in [6, 6.07) is 8.92. The van der Waals surface area contributed by atoms with E-state index in [2.05, 4.69) is 15.1 Å². The molecule has 0 amide bonds. The van der Waals surface area contributed by atoms with Crippen molar-refractivity contribution in [3.05, 3.63) is 65.5 Å². The molecular weight excluding hydrogens is 376 g/mol. The molecule has 3 aromatic rings. The number of aromatic hydroxyl groups is 1. The van der Waals surface area contributed by atoms with Crippen molar-refractivity contribution in [3.63, 3.8) is 0 Å². The number of methoxy groups -OCH3 is 1. The van der Waals surface area contributed by atoms with Gasteiger partial charge in [0, 0.05) is 41.4 Å². The number of halogens is 2. The van der Waals surface area contributed by atoms with Gasteiger partial charge in [-0.25, -0.2) is 8.78 Å². The first kappa shape index (κ1) is 19.4. The smallest absolute Gasteiger partial charge is 0.162 e. The van der Waals surface area contributed by atoms with Crippen molar-refractivity contribution in [2.24, 2.45) is 0 Å². The van der Waals surface area contributed by atoms with Gasteiger partial charge < -0.3 is 9.84 Å². The van der Waals surface area contributed by atoms with Gasteiger partial charge >= 0.3 is 0 Å². The largest absolute Gasteiger partial charge is 0.504 e. The SMILES string of the molecule is COc1cccc(CN2CCC[C@H](c3[nH]ncc3-c3cc(F)ccc3F)C2)c1O. The zero-order valence-electron chi connectivity index (χ0n) is 16.2. The first-order chi connectivity index (χ1) is 14.1. The molecule has 0 saturated carbocycles. The number of nitrogens with zero attached hydrogens (tertiary/aromatic N) is 2. The van der Waals surface area contributed by atoms with E-state index < -0.39 is 11.6 Å². The van der Waals surface area contributed by atoms with Crippen LogP contribution in [0.5, 0.6) is 11.5 Å². The summed E-state index contributed by atoms with van der Waals surface area (Å²) in [5, 5.41) is 17.5. The van der Waals surface area contributed by atoms with E-state index in [1.165, 1.54) is 13.2 Å². The number of ether oxygens (including phenoxy) is 1. The van der Waals surface area contributed by atoms with Crippen molar-refractivity contribution >= 4 is 0 Å². The third kappa shape index (κ3) is 3.96. The number of para-hydroxylation sites is 1. The minimum atomic E-state index is -0.479. The summed E-state index contributed by atoms with van der Waals surface area (Å²) < 4.78 is 33.2. The molecular formula is C22H23F2N3O2. The molecule has 1 aliphatic rings. The predicted molar refractivity (Wildman–Crippen MR) is 106 cm³/mol. The van der Waals surface area contributed by atoms with E-state index in [0.717, 1.165) is 49.3 Å². The van der Waals surface area contributed by atoms with Crippen LogP contribution in [0.3, 0.4) is 0 Å². The Morgan fingerprint density at radius 3 is 2.93 bits per heavy atom. The van der Waals surface area contributed by atoms with E-state index in [1.807, 2.05) is 12.1 Å². The zero-order valence-corrected chi connectivity index (χ0v) is 16.2. The summed E-state index contributed by atoms with van der Waals surface area (Å²) in [6.45, 7) is 2.20. The molecule has 1 saturated heterocycles. The number of H-pyrrole nitrogens is 1. The second-order valence-corrected chi connectivity index (χ2v) is 7.36. The lowest BCUT2D eigenvalue weighted by atomic mass is 9.90. The van der Waals surface area contributed by atoms with Crippen LogP contribution in [0.1, 0.15) is 30.0 Å². The Labute approximate surface area is 167 Å². The molecule has 152 valence electrons.